The Bertz CT molecular complexity index is 503. The maximum absolute atomic E-state index is 12.4. The molecule has 0 radical (unpaired) electrons. The normalized spacial score (nSPS) is 23.2. The van der Waals surface area contributed by atoms with Crippen molar-refractivity contribution in [2.24, 2.45) is 5.92 Å². The molecule has 1 aliphatic rings. The molecule has 1 heterocycles. The largest absolute Gasteiger partial charge is 0.480 e. The average Bonchev–Trinajstić information content (AvgIpc) is 2.37. The second-order valence-corrected chi connectivity index (χ2v) is 5.91. The first-order valence-corrected chi connectivity index (χ1v) is 7.07. The number of carbonyl (C=O) groups excluding carboxylic acids is 1. The molecule has 1 fully saturated rings. The monoisotopic (exact) mass is 325 g/mol. The van der Waals surface area contributed by atoms with Crippen LogP contribution in [0.4, 0.5) is 0 Å². The minimum absolute atomic E-state index is 0.208. The van der Waals surface area contributed by atoms with Crippen molar-refractivity contribution in [1.29, 1.82) is 0 Å². The number of benzene rings is 1. The molecule has 0 spiro atoms. The quantitative estimate of drug-likeness (QED) is 0.909. The van der Waals surface area contributed by atoms with Gasteiger partial charge in [-0.05, 0) is 37.0 Å². The van der Waals surface area contributed by atoms with Crippen molar-refractivity contribution in [2.75, 3.05) is 6.54 Å². The van der Waals surface area contributed by atoms with Gasteiger partial charge in [-0.25, -0.2) is 4.79 Å². The van der Waals surface area contributed by atoms with Gasteiger partial charge in [0.2, 0.25) is 0 Å². The maximum Gasteiger partial charge on any atom is 0.326 e. The summed E-state index contributed by atoms with van der Waals surface area (Å²) in [4.78, 5) is 25.2. The molecule has 0 saturated carbocycles. The highest BCUT2D eigenvalue weighted by atomic mass is 79.9. The van der Waals surface area contributed by atoms with Gasteiger partial charge in [0, 0.05) is 16.6 Å². The van der Waals surface area contributed by atoms with Crippen LogP contribution in [0, 0.1) is 5.92 Å². The Labute approximate surface area is 120 Å². The molecule has 1 saturated heterocycles. The van der Waals surface area contributed by atoms with Crippen LogP contribution >= 0.6 is 15.9 Å². The number of carboxylic acid groups (broad SMARTS) is 1. The second-order valence-electron chi connectivity index (χ2n) is 4.99. The number of aliphatic carboxylic acids is 1. The van der Waals surface area contributed by atoms with Crippen LogP contribution in [0.1, 0.15) is 30.1 Å². The molecule has 1 aromatic rings. The third-order valence-corrected chi connectivity index (χ3v) is 3.98. The summed E-state index contributed by atoms with van der Waals surface area (Å²) in [6, 6.07) is 6.34. The molecule has 1 aliphatic heterocycles. The van der Waals surface area contributed by atoms with Crippen LogP contribution in [-0.4, -0.2) is 34.5 Å². The van der Waals surface area contributed by atoms with Crippen LogP contribution < -0.4 is 0 Å². The van der Waals surface area contributed by atoms with E-state index in [1.165, 1.54) is 4.90 Å². The summed E-state index contributed by atoms with van der Waals surface area (Å²) in [6.07, 6.45) is 1.37. The molecule has 19 heavy (non-hydrogen) atoms. The number of piperidine rings is 1. The average molecular weight is 326 g/mol. The number of likely N-dealkylation sites (tertiary alicyclic amines) is 1. The topological polar surface area (TPSA) is 57.6 Å². The van der Waals surface area contributed by atoms with E-state index in [2.05, 4.69) is 15.9 Å². The lowest BCUT2D eigenvalue weighted by Crippen LogP contribution is -2.49. The summed E-state index contributed by atoms with van der Waals surface area (Å²) < 4.78 is 0.815. The fourth-order valence-corrected chi connectivity index (χ4v) is 2.81. The van der Waals surface area contributed by atoms with Crippen molar-refractivity contribution in [3.63, 3.8) is 0 Å². The number of rotatable bonds is 2. The fraction of sp³-hybridized carbons (Fsp3) is 0.429. The van der Waals surface area contributed by atoms with E-state index >= 15 is 0 Å². The van der Waals surface area contributed by atoms with Gasteiger partial charge in [-0.3, -0.25) is 4.79 Å². The van der Waals surface area contributed by atoms with E-state index in [1.807, 2.05) is 13.0 Å². The fourth-order valence-electron chi connectivity index (χ4n) is 2.41. The van der Waals surface area contributed by atoms with E-state index in [0.29, 0.717) is 24.4 Å². The number of carbonyl (C=O) groups is 2. The summed E-state index contributed by atoms with van der Waals surface area (Å²) in [5.74, 6) is -0.789. The third kappa shape index (κ3) is 3.15. The van der Waals surface area contributed by atoms with Crippen molar-refractivity contribution in [1.82, 2.24) is 4.90 Å². The van der Waals surface area contributed by atoms with E-state index in [4.69, 9.17) is 0 Å². The molecule has 2 atom stereocenters. The van der Waals surface area contributed by atoms with Gasteiger partial charge >= 0.3 is 5.97 Å². The standard InChI is InChI=1S/C14H16BrNO3/c1-9-5-6-16(12(7-9)14(18)19)13(17)10-3-2-4-11(15)8-10/h2-4,8-9,12H,5-7H2,1H3,(H,18,19). The summed E-state index contributed by atoms with van der Waals surface area (Å²) in [5, 5.41) is 9.27. The van der Waals surface area contributed by atoms with Crippen LogP contribution in [0.5, 0.6) is 0 Å². The molecule has 102 valence electrons. The Kier molecular flexibility index (Phi) is 4.24. The van der Waals surface area contributed by atoms with E-state index in [1.54, 1.807) is 18.2 Å². The van der Waals surface area contributed by atoms with Crippen LogP contribution in [0.2, 0.25) is 0 Å². The van der Waals surface area contributed by atoms with Gasteiger partial charge in [0.1, 0.15) is 6.04 Å². The molecule has 1 amide bonds. The Morgan fingerprint density at radius 1 is 1.42 bits per heavy atom. The Balaban J connectivity index is 2.24. The number of hydrogen-bond acceptors (Lipinski definition) is 2. The highest BCUT2D eigenvalue weighted by Crippen LogP contribution is 2.25. The molecule has 2 unspecified atom stereocenters. The number of carboxylic acids is 1. The molecule has 5 heteroatoms. The first-order valence-electron chi connectivity index (χ1n) is 6.28. The number of halogens is 1. The minimum atomic E-state index is -0.921. The van der Waals surface area contributed by atoms with Gasteiger partial charge in [-0.2, -0.15) is 0 Å². The highest BCUT2D eigenvalue weighted by Gasteiger charge is 2.35. The van der Waals surface area contributed by atoms with Gasteiger partial charge in [0.25, 0.3) is 5.91 Å². The molecule has 0 aliphatic carbocycles. The molecule has 1 N–H and O–H groups in total. The number of hydrogen-bond donors (Lipinski definition) is 1. The van der Waals surface area contributed by atoms with Gasteiger partial charge in [-0.1, -0.05) is 28.9 Å². The molecule has 0 aromatic heterocycles. The van der Waals surface area contributed by atoms with Crippen molar-refractivity contribution >= 4 is 27.8 Å². The predicted molar refractivity (Wildman–Crippen MR) is 75.0 cm³/mol. The SMILES string of the molecule is CC1CCN(C(=O)c2cccc(Br)c2)C(C(=O)O)C1. The molecular weight excluding hydrogens is 310 g/mol. The third-order valence-electron chi connectivity index (χ3n) is 3.48. The molecule has 0 bridgehead atoms. The van der Waals surface area contributed by atoms with Crippen molar-refractivity contribution in [3.05, 3.63) is 34.3 Å². The molecular formula is C14H16BrNO3. The van der Waals surface area contributed by atoms with Gasteiger partial charge in [0.15, 0.2) is 0 Å². The molecule has 4 nitrogen and oxygen atoms in total. The zero-order chi connectivity index (χ0) is 14.0. The van der Waals surface area contributed by atoms with Crippen LogP contribution in [-0.2, 0) is 4.79 Å². The lowest BCUT2D eigenvalue weighted by atomic mass is 9.92. The first-order chi connectivity index (χ1) is 8.99. The second kappa shape index (κ2) is 5.74. The van der Waals surface area contributed by atoms with Crippen LogP contribution in [0.25, 0.3) is 0 Å². The molecule has 1 aromatic carbocycles. The Hall–Kier alpha value is -1.36. The Morgan fingerprint density at radius 3 is 2.79 bits per heavy atom. The molecule has 2 rings (SSSR count). The first kappa shape index (κ1) is 14.1. The van der Waals surface area contributed by atoms with Gasteiger partial charge < -0.3 is 10.0 Å². The zero-order valence-electron chi connectivity index (χ0n) is 10.7. The number of amides is 1. The predicted octanol–water partition coefficient (Wildman–Crippen LogP) is 2.77. The van der Waals surface area contributed by atoms with E-state index < -0.39 is 12.0 Å². The minimum Gasteiger partial charge on any atom is -0.480 e. The van der Waals surface area contributed by atoms with Crippen molar-refractivity contribution in [3.8, 4) is 0 Å². The smallest absolute Gasteiger partial charge is 0.326 e. The lowest BCUT2D eigenvalue weighted by molar-refractivity contribution is -0.144. The maximum atomic E-state index is 12.4. The van der Waals surface area contributed by atoms with Gasteiger partial charge in [0.05, 0.1) is 0 Å². The summed E-state index contributed by atoms with van der Waals surface area (Å²) in [7, 11) is 0. The lowest BCUT2D eigenvalue weighted by Gasteiger charge is -2.36. The summed E-state index contributed by atoms with van der Waals surface area (Å²) in [6.45, 7) is 2.53. The highest BCUT2D eigenvalue weighted by molar-refractivity contribution is 9.10. The van der Waals surface area contributed by atoms with Crippen molar-refractivity contribution < 1.29 is 14.7 Å². The van der Waals surface area contributed by atoms with Crippen molar-refractivity contribution in [2.45, 2.75) is 25.8 Å². The zero-order valence-corrected chi connectivity index (χ0v) is 12.3. The van der Waals surface area contributed by atoms with E-state index in [-0.39, 0.29) is 5.91 Å². The summed E-state index contributed by atoms with van der Waals surface area (Å²) in [5.41, 5.74) is 0.523. The van der Waals surface area contributed by atoms with E-state index in [9.17, 15) is 14.7 Å². The van der Waals surface area contributed by atoms with Crippen LogP contribution in [0.3, 0.4) is 0 Å². The van der Waals surface area contributed by atoms with Gasteiger partial charge in [-0.15, -0.1) is 0 Å². The van der Waals surface area contributed by atoms with E-state index in [0.717, 1.165) is 10.9 Å². The summed E-state index contributed by atoms with van der Waals surface area (Å²) >= 11 is 3.32. The Morgan fingerprint density at radius 2 is 2.16 bits per heavy atom. The number of nitrogens with zero attached hydrogens (tertiary/aromatic N) is 1. The van der Waals surface area contributed by atoms with Crippen LogP contribution in [0.15, 0.2) is 28.7 Å².